The molecule has 0 radical (unpaired) electrons. The lowest BCUT2D eigenvalue weighted by atomic mass is 10.1. The lowest BCUT2D eigenvalue weighted by Crippen LogP contribution is -2.21. The number of rotatable bonds is 5. The monoisotopic (exact) mass is 372 g/mol. The molecule has 23 heavy (non-hydrogen) atoms. The van der Waals surface area contributed by atoms with E-state index in [2.05, 4.69) is 21.2 Å². The van der Waals surface area contributed by atoms with E-state index < -0.39 is 11.9 Å². The first-order valence-electron chi connectivity index (χ1n) is 6.77. The van der Waals surface area contributed by atoms with Crippen molar-refractivity contribution in [3.63, 3.8) is 0 Å². The maximum atomic E-state index is 11.9. The van der Waals surface area contributed by atoms with Crippen LogP contribution in [-0.2, 0) is 16.0 Å². The van der Waals surface area contributed by atoms with E-state index in [1.165, 1.54) is 0 Å². The first-order chi connectivity index (χ1) is 11.1. The van der Waals surface area contributed by atoms with Crippen LogP contribution in [0, 0.1) is 11.3 Å². The summed E-state index contributed by atoms with van der Waals surface area (Å²) in [5, 5.41) is 11.2. The van der Waals surface area contributed by atoms with Crippen LogP contribution in [0.3, 0.4) is 0 Å². The second kappa shape index (κ2) is 8.11. The quantitative estimate of drug-likeness (QED) is 0.816. The third-order valence-electron chi connectivity index (χ3n) is 2.95. The molecule has 2 aromatic rings. The summed E-state index contributed by atoms with van der Waals surface area (Å²) in [7, 11) is 0. The van der Waals surface area contributed by atoms with E-state index in [-0.39, 0.29) is 6.61 Å². The van der Waals surface area contributed by atoms with Crippen LogP contribution < -0.4 is 5.32 Å². The smallest absolute Gasteiger partial charge is 0.339 e. The van der Waals surface area contributed by atoms with E-state index in [0.717, 1.165) is 5.56 Å². The summed E-state index contributed by atoms with van der Waals surface area (Å²) in [5.74, 6) is -1.00. The fraction of sp³-hybridized carbons (Fsp3) is 0.118. The standard InChI is InChI=1S/C17H13BrN2O3/c18-15-4-2-1-3-14(15)17(22)23-11-16(21)20-13-7-5-12(6-8-13)9-10-19/h1-8H,9,11H2,(H,20,21). The topological polar surface area (TPSA) is 79.2 Å². The molecule has 0 aromatic heterocycles. The fourth-order valence-electron chi connectivity index (χ4n) is 1.83. The maximum Gasteiger partial charge on any atom is 0.339 e. The van der Waals surface area contributed by atoms with E-state index >= 15 is 0 Å². The van der Waals surface area contributed by atoms with Crippen LogP contribution in [0.25, 0.3) is 0 Å². The van der Waals surface area contributed by atoms with Crippen LogP contribution in [0.5, 0.6) is 0 Å². The first kappa shape index (κ1) is 16.7. The largest absolute Gasteiger partial charge is 0.452 e. The number of nitrogens with zero attached hydrogens (tertiary/aromatic N) is 1. The number of nitrogens with one attached hydrogen (secondary N) is 1. The molecule has 0 saturated heterocycles. The van der Waals surface area contributed by atoms with Gasteiger partial charge in [-0.25, -0.2) is 4.79 Å². The number of esters is 1. The number of hydrogen-bond donors (Lipinski definition) is 1. The molecule has 0 saturated carbocycles. The number of hydrogen-bond acceptors (Lipinski definition) is 4. The minimum Gasteiger partial charge on any atom is -0.452 e. The molecule has 0 heterocycles. The van der Waals surface area contributed by atoms with Gasteiger partial charge in [0.05, 0.1) is 18.1 Å². The SMILES string of the molecule is N#CCc1ccc(NC(=O)COC(=O)c2ccccc2Br)cc1. The molecular formula is C17H13BrN2O3. The number of amides is 1. The van der Waals surface area contributed by atoms with Crippen LogP contribution in [0.1, 0.15) is 15.9 Å². The number of anilines is 1. The summed E-state index contributed by atoms with van der Waals surface area (Å²) in [6, 6.07) is 15.8. The lowest BCUT2D eigenvalue weighted by Gasteiger charge is -2.08. The first-order valence-corrected chi connectivity index (χ1v) is 7.57. The number of ether oxygens (including phenoxy) is 1. The van der Waals surface area contributed by atoms with E-state index in [1.54, 1.807) is 48.5 Å². The third kappa shape index (κ3) is 4.94. The molecule has 0 spiro atoms. The Balaban J connectivity index is 1.87. The molecular weight excluding hydrogens is 360 g/mol. The van der Waals surface area contributed by atoms with Crippen LogP contribution >= 0.6 is 15.9 Å². The number of carbonyl (C=O) groups is 2. The van der Waals surface area contributed by atoms with Gasteiger partial charge in [0.2, 0.25) is 0 Å². The van der Waals surface area contributed by atoms with Gasteiger partial charge in [0, 0.05) is 10.2 Å². The summed E-state index contributed by atoms with van der Waals surface area (Å²) in [4.78, 5) is 23.7. The van der Waals surface area contributed by atoms with Crippen LogP contribution in [0.15, 0.2) is 53.0 Å². The predicted octanol–water partition coefficient (Wildman–Crippen LogP) is 3.31. The molecule has 116 valence electrons. The van der Waals surface area contributed by atoms with Crippen molar-refractivity contribution in [2.75, 3.05) is 11.9 Å². The van der Waals surface area contributed by atoms with Crippen molar-refractivity contribution in [1.29, 1.82) is 5.26 Å². The molecule has 2 aromatic carbocycles. The molecule has 0 aliphatic carbocycles. The van der Waals surface area contributed by atoms with Crippen molar-refractivity contribution in [2.45, 2.75) is 6.42 Å². The number of halogens is 1. The van der Waals surface area contributed by atoms with Crippen LogP contribution in [-0.4, -0.2) is 18.5 Å². The van der Waals surface area contributed by atoms with Gasteiger partial charge in [-0.2, -0.15) is 5.26 Å². The van der Waals surface area contributed by atoms with Gasteiger partial charge in [0.1, 0.15) is 0 Å². The minimum absolute atomic E-state index is 0.317. The Hall–Kier alpha value is -2.65. The van der Waals surface area contributed by atoms with Gasteiger partial charge in [-0.1, -0.05) is 24.3 Å². The average Bonchev–Trinajstić information content (AvgIpc) is 2.55. The Kier molecular flexibility index (Phi) is 5.89. The van der Waals surface area contributed by atoms with Gasteiger partial charge in [-0.15, -0.1) is 0 Å². The Morgan fingerprint density at radius 2 is 1.83 bits per heavy atom. The molecule has 0 aliphatic rings. The Morgan fingerprint density at radius 1 is 1.13 bits per heavy atom. The van der Waals surface area contributed by atoms with Gasteiger partial charge in [-0.05, 0) is 45.8 Å². The molecule has 1 amide bonds. The van der Waals surface area contributed by atoms with Crippen molar-refractivity contribution < 1.29 is 14.3 Å². The minimum atomic E-state index is -0.572. The Morgan fingerprint density at radius 3 is 2.48 bits per heavy atom. The average molecular weight is 373 g/mol. The molecule has 2 rings (SSSR count). The van der Waals surface area contributed by atoms with Crippen molar-refractivity contribution in [2.24, 2.45) is 0 Å². The van der Waals surface area contributed by atoms with E-state index in [9.17, 15) is 9.59 Å². The van der Waals surface area contributed by atoms with E-state index in [0.29, 0.717) is 22.1 Å². The van der Waals surface area contributed by atoms with E-state index in [1.807, 2.05) is 6.07 Å². The molecule has 1 N–H and O–H groups in total. The van der Waals surface area contributed by atoms with Gasteiger partial charge >= 0.3 is 5.97 Å². The molecule has 0 unspecified atom stereocenters. The predicted molar refractivity (Wildman–Crippen MR) is 88.8 cm³/mol. The number of carbonyl (C=O) groups excluding carboxylic acids is 2. The Bertz CT molecular complexity index is 751. The van der Waals surface area contributed by atoms with E-state index in [4.69, 9.17) is 10.00 Å². The van der Waals surface area contributed by atoms with Crippen molar-refractivity contribution in [3.05, 3.63) is 64.1 Å². The highest BCUT2D eigenvalue weighted by Gasteiger charge is 2.12. The number of nitriles is 1. The summed E-state index contributed by atoms with van der Waals surface area (Å²) in [6.07, 6.45) is 0.317. The fourth-order valence-corrected chi connectivity index (χ4v) is 2.28. The van der Waals surface area contributed by atoms with Gasteiger partial charge in [-0.3, -0.25) is 4.79 Å². The molecule has 0 fully saturated rings. The van der Waals surface area contributed by atoms with Gasteiger partial charge in [0.15, 0.2) is 6.61 Å². The zero-order valence-corrected chi connectivity index (χ0v) is 13.7. The zero-order valence-electron chi connectivity index (χ0n) is 12.1. The normalized spacial score (nSPS) is 9.74. The highest BCUT2D eigenvalue weighted by atomic mass is 79.9. The van der Waals surface area contributed by atoms with Gasteiger partial charge < -0.3 is 10.1 Å². The van der Waals surface area contributed by atoms with Crippen LogP contribution in [0.2, 0.25) is 0 Å². The molecule has 5 nitrogen and oxygen atoms in total. The highest BCUT2D eigenvalue weighted by Crippen LogP contribution is 2.16. The molecule has 6 heteroatoms. The molecule has 0 bridgehead atoms. The van der Waals surface area contributed by atoms with Gasteiger partial charge in [0.25, 0.3) is 5.91 Å². The van der Waals surface area contributed by atoms with Crippen molar-refractivity contribution in [3.8, 4) is 6.07 Å². The maximum absolute atomic E-state index is 11.9. The summed E-state index contributed by atoms with van der Waals surface area (Å²) in [6.45, 7) is -0.375. The second-order valence-corrected chi connectivity index (χ2v) is 5.49. The highest BCUT2D eigenvalue weighted by molar-refractivity contribution is 9.10. The van der Waals surface area contributed by atoms with Crippen molar-refractivity contribution in [1.82, 2.24) is 0 Å². The Labute approximate surface area is 142 Å². The zero-order chi connectivity index (χ0) is 16.7. The summed E-state index contributed by atoms with van der Waals surface area (Å²) < 4.78 is 5.59. The third-order valence-corrected chi connectivity index (χ3v) is 3.64. The molecule has 0 atom stereocenters. The number of benzene rings is 2. The van der Waals surface area contributed by atoms with Crippen LogP contribution in [0.4, 0.5) is 5.69 Å². The second-order valence-electron chi connectivity index (χ2n) is 4.64. The van der Waals surface area contributed by atoms with Crippen molar-refractivity contribution >= 4 is 33.5 Å². The lowest BCUT2D eigenvalue weighted by molar-refractivity contribution is -0.119. The molecule has 0 aliphatic heterocycles. The summed E-state index contributed by atoms with van der Waals surface area (Å²) >= 11 is 3.25. The summed E-state index contributed by atoms with van der Waals surface area (Å²) in [5.41, 5.74) is 1.81.